The summed E-state index contributed by atoms with van der Waals surface area (Å²) in [7, 11) is -4.96. The standard InChI is InChI=1S/C9H4F5NO3S/c10-8(11,9(12,13)14)6-3-1-2-4-7(6)19(17,18)15-5-16/h1-4H. The maximum Gasteiger partial charge on any atom is 0.458 e. The van der Waals surface area contributed by atoms with Crippen molar-refractivity contribution >= 4 is 16.1 Å². The summed E-state index contributed by atoms with van der Waals surface area (Å²) >= 11 is 0. The predicted octanol–water partition coefficient (Wildman–Crippen LogP) is 2.37. The molecule has 0 saturated heterocycles. The van der Waals surface area contributed by atoms with Crippen LogP contribution in [0.1, 0.15) is 5.56 Å². The van der Waals surface area contributed by atoms with Gasteiger partial charge >= 0.3 is 12.1 Å². The van der Waals surface area contributed by atoms with Crippen molar-refractivity contribution in [2.24, 2.45) is 4.40 Å². The highest BCUT2D eigenvalue weighted by Crippen LogP contribution is 2.45. The van der Waals surface area contributed by atoms with Crippen LogP contribution < -0.4 is 0 Å². The third-order valence-corrected chi connectivity index (χ3v) is 3.24. The molecular weight excluding hydrogens is 297 g/mol. The van der Waals surface area contributed by atoms with E-state index in [1.165, 1.54) is 0 Å². The Bertz CT molecular complexity index is 632. The van der Waals surface area contributed by atoms with Crippen LogP contribution in [-0.2, 0) is 20.7 Å². The van der Waals surface area contributed by atoms with Crippen LogP contribution in [-0.4, -0.2) is 20.7 Å². The van der Waals surface area contributed by atoms with Crippen molar-refractivity contribution in [3.63, 3.8) is 0 Å². The molecule has 10 heteroatoms. The van der Waals surface area contributed by atoms with Gasteiger partial charge in [-0.15, -0.1) is 0 Å². The Hall–Kier alpha value is -1.80. The minimum absolute atomic E-state index is 0.292. The maximum atomic E-state index is 13.2. The first-order valence-electron chi connectivity index (χ1n) is 4.42. The molecule has 0 aliphatic carbocycles. The minimum atomic E-state index is -5.98. The molecule has 4 nitrogen and oxygen atoms in total. The van der Waals surface area contributed by atoms with E-state index in [4.69, 9.17) is 0 Å². The zero-order valence-corrected chi connectivity index (χ0v) is 9.60. The molecule has 104 valence electrons. The zero-order valence-electron chi connectivity index (χ0n) is 8.78. The molecule has 0 aliphatic heterocycles. The molecule has 0 aromatic heterocycles. The van der Waals surface area contributed by atoms with Gasteiger partial charge in [-0.05, 0) is 6.07 Å². The third kappa shape index (κ3) is 2.79. The van der Waals surface area contributed by atoms with Gasteiger partial charge in [-0.1, -0.05) is 22.6 Å². The first kappa shape index (κ1) is 15.3. The summed E-state index contributed by atoms with van der Waals surface area (Å²) in [5, 5.41) is 0. The fraction of sp³-hybridized carbons (Fsp3) is 0.222. The summed E-state index contributed by atoms with van der Waals surface area (Å²) < 4.78 is 87.8. The van der Waals surface area contributed by atoms with Crippen LogP contribution in [0.3, 0.4) is 0 Å². The number of carbonyl (C=O) groups excluding carboxylic acids is 1. The lowest BCUT2D eigenvalue weighted by atomic mass is 10.1. The highest BCUT2D eigenvalue weighted by atomic mass is 32.2. The molecule has 0 fully saturated rings. The molecule has 0 radical (unpaired) electrons. The summed E-state index contributed by atoms with van der Waals surface area (Å²) in [6, 6.07) is 2.51. The number of benzene rings is 1. The van der Waals surface area contributed by atoms with Crippen LogP contribution in [0.4, 0.5) is 22.0 Å². The molecule has 1 rings (SSSR count). The number of hydrogen-bond donors (Lipinski definition) is 0. The van der Waals surface area contributed by atoms with E-state index in [1.807, 2.05) is 0 Å². The summed E-state index contributed by atoms with van der Waals surface area (Å²) in [5.74, 6) is -5.39. The van der Waals surface area contributed by atoms with Crippen LogP contribution >= 0.6 is 0 Å². The van der Waals surface area contributed by atoms with Crippen LogP contribution in [0.2, 0.25) is 0 Å². The molecule has 0 aliphatic rings. The summed E-state index contributed by atoms with van der Waals surface area (Å²) in [4.78, 5) is 8.47. The van der Waals surface area contributed by atoms with Gasteiger partial charge in [0.05, 0.1) is 10.5 Å². The SMILES string of the molecule is O=C=NS(=O)(=O)c1ccccc1C(F)(F)C(F)(F)F. The molecule has 0 heterocycles. The van der Waals surface area contributed by atoms with E-state index < -0.39 is 32.6 Å². The Morgan fingerprint density at radius 1 is 1.05 bits per heavy atom. The molecule has 1 aromatic carbocycles. The second-order valence-corrected chi connectivity index (χ2v) is 4.80. The van der Waals surface area contributed by atoms with Crippen molar-refractivity contribution in [1.29, 1.82) is 0 Å². The smallest absolute Gasteiger partial charge is 0.210 e. The lowest BCUT2D eigenvalue weighted by molar-refractivity contribution is -0.290. The van der Waals surface area contributed by atoms with Gasteiger partial charge in [0.25, 0.3) is 16.1 Å². The molecule has 0 amide bonds. The van der Waals surface area contributed by atoms with Crippen molar-refractivity contribution in [3.8, 4) is 0 Å². The van der Waals surface area contributed by atoms with Gasteiger partial charge in [0, 0.05) is 0 Å². The Morgan fingerprint density at radius 3 is 2.05 bits per heavy atom. The van der Waals surface area contributed by atoms with Gasteiger partial charge in [0.2, 0.25) is 0 Å². The van der Waals surface area contributed by atoms with Gasteiger partial charge in [0.1, 0.15) is 0 Å². The van der Waals surface area contributed by atoms with Gasteiger partial charge < -0.3 is 0 Å². The predicted molar refractivity (Wildman–Crippen MR) is 51.7 cm³/mol. The fourth-order valence-corrected chi connectivity index (χ4v) is 2.12. The van der Waals surface area contributed by atoms with Crippen molar-refractivity contribution in [2.75, 3.05) is 0 Å². The molecular formula is C9H4F5NO3S. The van der Waals surface area contributed by atoms with Gasteiger partial charge in [-0.25, -0.2) is 4.79 Å². The normalized spacial score (nSPS) is 12.9. The third-order valence-electron chi connectivity index (χ3n) is 2.02. The van der Waals surface area contributed by atoms with E-state index in [1.54, 1.807) is 0 Å². The van der Waals surface area contributed by atoms with Crippen LogP contribution in [0, 0.1) is 0 Å². The monoisotopic (exact) mass is 301 g/mol. The van der Waals surface area contributed by atoms with Crippen molar-refractivity contribution < 1.29 is 35.2 Å². The quantitative estimate of drug-likeness (QED) is 0.489. The Labute approximate surface area is 103 Å². The molecule has 19 heavy (non-hydrogen) atoms. The zero-order chi connectivity index (χ0) is 14.9. The number of hydrogen-bond acceptors (Lipinski definition) is 3. The molecule has 0 bridgehead atoms. The van der Waals surface area contributed by atoms with E-state index in [-0.39, 0.29) is 0 Å². The minimum Gasteiger partial charge on any atom is -0.210 e. The van der Waals surface area contributed by atoms with E-state index >= 15 is 0 Å². The molecule has 1 aromatic rings. The molecule has 0 saturated carbocycles. The largest absolute Gasteiger partial charge is 0.458 e. The molecule has 0 spiro atoms. The highest BCUT2D eigenvalue weighted by molar-refractivity contribution is 7.90. The molecule has 0 unspecified atom stereocenters. The Morgan fingerprint density at radius 2 is 1.58 bits per heavy atom. The molecule has 0 atom stereocenters. The second kappa shape index (κ2) is 4.71. The first-order valence-corrected chi connectivity index (χ1v) is 5.86. The van der Waals surface area contributed by atoms with E-state index in [0.717, 1.165) is 12.1 Å². The first-order chi connectivity index (χ1) is 8.54. The summed E-state index contributed by atoms with van der Waals surface area (Å²) in [6.45, 7) is 0. The average molecular weight is 301 g/mol. The number of rotatable bonds is 3. The number of alkyl halides is 5. The Balaban J connectivity index is 3.62. The van der Waals surface area contributed by atoms with Gasteiger partial charge in [0.15, 0.2) is 0 Å². The number of halogens is 5. The van der Waals surface area contributed by atoms with Crippen molar-refractivity contribution in [1.82, 2.24) is 0 Å². The van der Waals surface area contributed by atoms with Crippen molar-refractivity contribution in [2.45, 2.75) is 17.0 Å². The van der Waals surface area contributed by atoms with E-state index in [2.05, 4.69) is 4.40 Å². The topological polar surface area (TPSA) is 63.6 Å². The molecule has 0 N–H and O–H groups in total. The van der Waals surface area contributed by atoms with Crippen LogP contribution in [0.15, 0.2) is 33.6 Å². The summed E-state index contributed by atoms with van der Waals surface area (Å²) in [5.41, 5.74) is -1.80. The van der Waals surface area contributed by atoms with E-state index in [9.17, 15) is 35.2 Å². The second-order valence-electron chi connectivity index (χ2n) is 3.23. The maximum absolute atomic E-state index is 13.2. The number of sulfonamides is 1. The highest BCUT2D eigenvalue weighted by Gasteiger charge is 2.60. The summed E-state index contributed by atoms with van der Waals surface area (Å²) in [6.07, 6.45) is -5.40. The lowest BCUT2D eigenvalue weighted by Gasteiger charge is -2.21. The fourth-order valence-electron chi connectivity index (χ4n) is 1.20. The van der Waals surface area contributed by atoms with E-state index in [0.29, 0.717) is 18.2 Å². The van der Waals surface area contributed by atoms with Crippen molar-refractivity contribution in [3.05, 3.63) is 29.8 Å². The number of isocyanates is 1. The van der Waals surface area contributed by atoms with Gasteiger partial charge in [-0.2, -0.15) is 30.4 Å². The lowest BCUT2D eigenvalue weighted by Crippen LogP contribution is -2.34. The Kier molecular flexibility index (Phi) is 3.78. The van der Waals surface area contributed by atoms with Crippen LogP contribution in [0.25, 0.3) is 0 Å². The number of nitrogens with zero attached hydrogens (tertiary/aromatic N) is 1. The average Bonchev–Trinajstić information content (AvgIpc) is 2.27. The van der Waals surface area contributed by atoms with Gasteiger partial charge in [-0.3, -0.25) is 0 Å². The van der Waals surface area contributed by atoms with Crippen LogP contribution in [0.5, 0.6) is 0 Å².